The number of hydrogen-bond donors (Lipinski definition) is 1. The van der Waals surface area contributed by atoms with Crippen LogP contribution in [0.5, 0.6) is 0 Å². The van der Waals surface area contributed by atoms with Gasteiger partial charge in [-0.05, 0) is 39.7 Å². The van der Waals surface area contributed by atoms with Crippen LogP contribution in [0, 0.1) is 0 Å². The molecule has 3 heterocycles. The highest BCUT2D eigenvalue weighted by atomic mass is 15.2. The number of fused-ring (bicyclic) bond motifs is 1. The van der Waals surface area contributed by atoms with Crippen LogP contribution in [0.25, 0.3) is 22.6 Å². The predicted octanol–water partition coefficient (Wildman–Crippen LogP) is 2.20. The van der Waals surface area contributed by atoms with E-state index < -0.39 is 0 Å². The molecule has 0 radical (unpaired) electrons. The van der Waals surface area contributed by atoms with Gasteiger partial charge in [-0.25, -0.2) is 19.9 Å². The Hall–Kier alpha value is -2.68. The Balaban J connectivity index is 1.50. The smallest absolute Gasteiger partial charge is 0.184 e. The van der Waals surface area contributed by atoms with Gasteiger partial charge in [0.15, 0.2) is 17.3 Å². The number of aromatic nitrogens is 4. The summed E-state index contributed by atoms with van der Waals surface area (Å²) in [5, 5.41) is 3.43. The molecule has 8 heteroatoms. The third-order valence-electron chi connectivity index (χ3n) is 5.62. The first-order chi connectivity index (χ1) is 15.1. The minimum Gasteiger partial charge on any atom is -0.368 e. The molecule has 1 aliphatic rings. The largest absolute Gasteiger partial charge is 0.368 e. The minimum atomic E-state index is 0.615. The molecule has 1 aromatic carbocycles. The Labute approximate surface area is 184 Å². The van der Waals surface area contributed by atoms with Crippen molar-refractivity contribution < 1.29 is 0 Å². The van der Waals surface area contributed by atoms with Crippen LogP contribution in [0.3, 0.4) is 0 Å². The van der Waals surface area contributed by atoms with Crippen LogP contribution in [-0.4, -0.2) is 95.0 Å². The van der Waals surface area contributed by atoms with Crippen LogP contribution in [0.2, 0.25) is 0 Å². The Morgan fingerprint density at radius 3 is 2.45 bits per heavy atom. The standard InChI is InChI=1S/C23H32N8/c1-29(2)12-4-9-25-22-20-23(26-11-10-24-20)28-21(27-22)19-7-5-18(6-8-19)17-31-15-13-30(3)14-16-31/h5-8,10-11H,4,9,12-17H2,1-3H3,(H,25,26,27,28). The van der Waals surface area contributed by atoms with Gasteiger partial charge in [0.25, 0.3) is 0 Å². The van der Waals surface area contributed by atoms with Crippen LogP contribution in [0.1, 0.15) is 12.0 Å². The lowest BCUT2D eigenvalue weighted by Crippen LogP contribution is -2.43. The van der Waals surface area contributed by atoms with E-state index >= 15 is 0 Å². The number of nitrogens with one attached hydrogen (secondary N) is 1. The Kier molecular flexibility index (Phi) is 7.01. The van der Waals surface area contributed by atoms with Gasteiger partial charge in [-0.15, -0.1) is 0 Å². The monoisotopic (exact) mass is 420 g/mol. The van der Waals surface area contributed by atoms with Crippen molar-refractivity contribution in [2.24, 2.45) is 0 Å². The molecule has 1 fully saturated rings. The highest BCUT2D eigenvalue weighted by molar-refractivity contribution is 5.84. The summed E-state index contributed by atoms with van der Waals surface area (Å²) in [6.07, 6.45) is 4.38. The summed E-state index contributed by atoms with van der Waals surface area (Å²) in [5.41, 5.74) is 3.63. The normalized spacial score (nSPS) is 15.6. The Morgan fingerprint density at radius 2 is 1.71 bits per heavy atom. The van der Waals surface area contributed by atoms with Crippen molar-refractivity contribution in [3.63, 3.8) is 0 Å². The molecular formula is C23H32N8. The van der Waals surface area contributed by atoms with Gasteiger partial charge in [0.1, 0.15) is 5.52 Å². The van der Waals surface area contributed by atoms with E-state index in [1.54, 1.807) is 12.4 Å². The van der Waals surface area contributed by atoms with E-state index in [9.17, 15) is 0 Å². The molecule has 0 aliphatic carbocycles. The first-order valence-electron chi connectivity index (χ1n) is 11.0. The van der Waals surface area contributed by atoms with Crippen molar-refractivity contribution in [2.45, 2.75) is 13.0 Å². The van der Waals surface area contributed by atoms with Crippen LogP contribution in [0.15, 0.2) is 36.7 Å². The number of piperazine rings is 1. The average molecular weight is 421 g/mol. The van der Waals surface area contributed by atoms with E-state index in [2.05, 4.69) is 80.4 Å². The lowest BCUT2D eigenvalue weighted by atomic mass is 10.1. The van der Waals surface area contributed by atoms with Gasteiger partial charge in [-0.3, -0.25) is 4.90 Å². The average Bonchev–Trinajstić information content (AvgIpc) is 2.78. The van der Waals surface area contributed by atoms with Gasteiger partial charge in [0, 0.05) is 57.2 Å². The maximum absolute atomic E-state index is 4.79. The Morgan fingerprint density at radius 1 is 0.968 bits per heavy atom. The van der Waals surface area contributed by atoms with E-state index in [0.717, 1.165) is 63.6 Å². The van der Waals surface area contributed by atoms with E-state index in [-0.39, 0.29) is 0 Å². The molecule has 0 saturated carbocycles. The van der Waals surface area contributed by atoms with Crippen molar-refractivity contribution in [3.05, 3.63) is 42.2 Å². The number of benzene rings is 1. The third-order valence-corrected chi connectivity index (χ3v) is 5.62. The van der Waals surface area contributed by atoms with Crippen LogP contribution < -0.4 is 5.32 Å². The summed E-state index contributed by atoms with van der Waals surface area (Å²) in [6.45, 7) is 7.33. The molecule has 8 nitrogen and oxygen atoms in total. The SMILES string of the molecule is CN(C)CCCNc1nc(-c2ccc(CN3CCN(C)CC3)cc2)nc2nccnc12. The summed E-state index contributed by atoms with van der Waals surface area (Å²) in [5.74, 6) is 1.42. The summed E-state index contributed by atoms with van der Waals surface area (Å²) in [7, 11) is 6.35. The van der Waals surface area contributed by atoms with Crippen molar-refractivity contribution >= 4 is 17.0 Å². The number of hydrogen-bond acceptors (Lipinski definition) is 8. The second-order valence-electron chi connectivity index (χ2n) is 8.48. The summed E-state index contributed by atoms with van der Waals surface area (Å²) in [6, 6.07) is 8.58. The fraction of sp³-hybridized carbons (Fsp3) is 0.478. The van der Waals surface area contributed by atoms with Gasteiger partial charge in [-0.1, -0.05) is 24.3 Å². The number of anilines is 1. The molecule has 164 valence electrons. The zero-order valence-corrected chi connectivity index (χ0v) is 18.8. The summed E-state index contributed by atoms with van der Waals surface area (Å²) in [4.78, 5) is 25.4. The van der Waals surface area contributed by atoms with Gasteiger partial charge in [-0.2, -0.15) is 0 Å². The predicted molar refractivity (Wildman–Crippen MR) is 125 cm³/mol. The lowest BCUT2D eigenvalue weighted by molar-refractivity contribution is 0.148. The third kappa shape index (κ3) is 5.72. The highest BCUT2D eigenvalue weighted by Crippen LogP contribution is 2.23. The van der Waals surface area contributed by atoms with E-state index in [0.29, 0.717) is 17.0 Å². The lowest BCUT2D eigenvalue weighted by Gasteiger charge is -2.32. The van der Waals surface area contributed by atoms with E-state index in [4.69, 9.17) is 4.98 Å². The number of likely N-dealkylation sites (N-methyl/N-ethyl adjacent to an activating group) is 1. The molecule has 2 aromatic heterocycles. The quantitative estimate of drug-likeness (QED) is 0.556. The van der Waals surface area contributed by atoms with E-state index in [1.165, 1.54) is 5.56 Å². The first-order valence-corrected chi connectivity index (χ1v) is 11.0. The zero-order valence-electron chi connectivity index (χ0n) is 18.8. The van der Waals surface area contributed by atoms with Crippen molar-refractivity contribution in [3.8, 4) is 11.4 Å². The molecule has 0 amide bonds. The molecule has 3 aromatic rings. The van der Waals surface area contributed by atoms with Gasteiger partial charge >= 0.3 is 0 Å². The minimum absolute atomic E-state index is 0.615. The maximum Gasteiger partial charge on any atom is 0.184 e. The number of nitrogens with zero attached hydrogens (tertiary/aromatic N) is 7. The van der Waals surface area contributed by atoms with Crippen LogP contribution in [-0.2, 0) is 6.54 Å². The molecule has 0 bridgehead atoms. The molecule has 0 unspecified atom stereocenters. The first kappa shape index (κ1) is 21.5. The van der Waals surface area contributed by atoms with Gasteiger partial charge in [0.05, 0.1) is 0 Å². The summed E-state index contributed by atoms with van der Waals surface area (Å²) < 4.78 is 0. The fourth-order valence-electron chi connectivity index (χ4n) is 3.74. The topological polar surface area (TPSA) is 73.3 Å². The zero-order chi connectivity index (χ0) is 21.6. The molecule has 1 aliphatic heterocycles. The van der Waals surface area contributed by atoms with Gasteiger partial charge in [0.2, 0.25) is 0 Å². The molecule has 31 heavy (non-hydrogen) atoms. The second-order valence-corrected chi connectivity index (χ2v) is 8.48. The van der Waals surface area contributed by atoms with Gasteiger partial charge < -0.3 is 15.1 Å². The summed E-state index contributed by atoms with van der Waals surface area (Å²) >= 11 is 0. The van der Waals surface area contributed by atoms with Crippen LogP contribution >= 0.6 is 0 Å². The number of rotatable bonds is 8. The second kappa shape index (κ2) is 10.1. The van der Waals surface area contributed by atoms with Crippen molar-refractivity contribution in [2.75, 3.05) is 65.7 Å². The molecule has 0 atom stereocenters. The van der Waals surface area contributed by atoms with Crippen molar-refractivity contribution in [1.82, 2.24) is 34.6 Å². The molecular weight excluding hydrogens is 388 g/mol. The highest BCUT2D eigenvalue weighted by Gasteiger charge is 2.15. The molecule has 1 N–H and O–H groups in total. The Bertz CT molecular complexity index is 981. The molecule has 0 spiro atoms. The molecule has 4 rings (SSSR count). The fourth-order valence-corrected chi connectivity index (χ4v) is 3.74. The van der Waals surface area contributed by atoms with E-state index in [1.807, 2.05) is 0 Å². The molecule has 1 saturated heterocycles. The maximum atomic E-state index is 4.79. The van der Waals surface area contributed by atoms with Crippen molar-refractivity contribution in [1.29, 1.82) is 0 Å². The van der Waals surface area contributed by atoms with Crippen LogP contribution in [0.4, 0.5) is 5.82 Å².